The molecule has 0 spiro atoms. The molecule has 80 valence electrons. The van der Waals surface area contributed by atoms with Gasteiger partial charge in [-0.3, -0.25) is 0 Å². The molecule has 1 saturated heterocycles. The van der Waals surface area contributed by atoms with Crippen molar-refractivity contribution in [2.24, 2.45) is 0 Å². The minimum Gasteiger partial charge on any atom is -0.490 e. The Morgan fingerprint density at radius 3 is 2.93 bits per heavy atom. The predicted molar refractivity (Wildman–Crippen MR) is 56.8 cm³/mol. The lowest BCUT2D eigenvalue weighted by atomic mass is 9.98. The van der Waals surface area contributed by atoms with E-state index in [2.05, 4.69) is 6.92 Å². The van der Waals surface area contributed by atoms with Gasteiger partial charge in [0.25, 0.3) is 0 Å². The highest BCUT2D eigenvalue weighted by atomic mass is 19.1. The van der Waals surface area contributed by atoms with E-state index < -0.39 is 6.67 Å². The summed E-state index contributed by atoms with van der Waals surface area (Å²) in [4.78, 5) is 0. The fraction of sp³-hybridized carbons (Fsp3) is 0.667. The van der Waals surface area contributed by atoms with Crippen molar-refractivity contribution in [1.82, 2.24) is 0 Å². The van der Waals surface area contributed by atoms with Gasteiger partial charge in [0.2, 0.25) is 0 Å². The summed E-state index contributed by atoms with van der Waals surface area (Å²) in [5, 5.41) is 0. The number of hydrogen-bond acceptors (Lipinski definition) is 1. The molecule has 14 heavy (non-hydrogen) atoms. The lowest BCUT2D eigenvalue weighted by Gasteiger charge is -2.27. The molecule has 0 aromatic heterocycles. The van der Waals surface area contributed by atoms with E-state index in [0.29, 0.717) is 6.10 Å². The zero-order chi connectivity index (χ0) is 10.4. The van der Waals surface area contributed by atoms with E-state index >= 15 is 0 Å². The number of allylic oxidation sites excluding steroid dienone is 3. The average Bonchev–Trinajstić information content (AvgIpc) is 2.21. The summed E-state index contributed by atoms with van der Waals surface area (Å²) >= 11 is 0. The van der Waals surface area contributed by atoms with Gasteiger partial charge in [0.1, 0.15) is 12.4 Å². The van der Waals surface area contributed by atoms with Crippen LogP contribution in [-0.4, -0.2) is 12.8 Å². The van der Waals surface area contributed by atoms with Crippen LogP contribution in [0.5, 0.6) is 0 Å². The van der Waals surface area contributed by atoms with Crippen molar-refractivity contribution in [1.29, 1.82) is 0 Å². The molecule has 0 N–H and O–H groups in total. The minimum atomic E-state index is -0.394. The Labute approximate surface area is 85.6 Å². The SMILES string of the molecule is C/C=C1/OC(CCC)CC/C1=C/CF. The molecule has 0 amide bonds. The summed E-state index contributed by atoms with van der Waals surface area (Å²) < 4.78 is 17.9. The van der Waals surface area contributed by atoms with Crippen LogP contribution in [0.1, 0.15) is 39.5 Å². The van der Waals surface area contributed by atoms with Crippen LogP contribution in [0, 0.1) is 0 Å². The van der Waals surface area contributed by atoms with Gasteiger partial charge >= 0.3 is 0 Å². The molecular formula is C12H19FO. The van der Waals surface area contributed by atoms with Gasteiger partial charge in [-0.05, 0) is 43.9 Å². The fourth-order valence-electron chi connectivity index (χ4n) is 1.83. The highest BCUT2D eigenvalue weighted by molar-refractivity contribution is 5.27. The molecule has 1 rings (SSSR count). The Bertz CT molecular complexity index is 230. The average molecular weight is 198 g/mol. The molecule has 0 aromatic rings. The molecule has 1 heterocycles. The molecule has 1 unspecified atom stereocenters. The van der Waals surface area contributed by atoms with Gasteiger partial charge in [-0.2, -0.15) is 0 Å². The number of ether oxygens (including phenoxy) is 1. The maximum absolute atomic E-state index is 12.2. The molecule has 2 heteroatoms. The van der Waals surface area contributed by atoms with Gasteiger partial charge in [0.05, 0.1) is 6.10 Å². The lowest BCUT2D eigenvalue weighted by Crippen LogP contribution is -2.19. The van der Waals surface area contributed by atoms with Gasteiger partial charge in [-0.15, -0.1) is 0 Å². The van der Waals surface area contributed by atoms with Crippen molar-refractivity contribution in [3.8, 4) is 0 Å². The van der Waals surface area contributed by atoms with E-state index in [1.807, 2.05) is 13.0 Å². The van der Waals surface area contributed by atoms with Crippen LogP contribution >= 0.6 is 0 Å². The normalized spacial score (nSPS) is 28.1. The zero-order valence-electron chi connectivity index (χ0n) is 9.05. The first-order valence-electron chi connectivity index (χ1n) is 5.40. The lowest BCUT2D eigenvalue weighted by molar-refractivity contribution is 0.0864. The van der Waals surface area contributed by atoms with Gasteiger partial charge < -0.3 is 4.74 Å². The minimum absolute atomic E-state index is 0.336. The molecule has 0 saturated carbocycles. The third-order valence-electron chi connectivity index (χ3n) is 2.54. The number of hydrogen-bond donors (Lipinski definition) is 0. The van der Waals surface area contributed by atoms with Crippen molar-refractivity contribution in [3.63, 3.8) is 0 Å². The fourth-order valence-corrected chi connectivity index (χ4v) is 1.83. The Hall–Kier alpha value is -0.790. The van der Waals surface area contributed by atoms with Gasteiger partial charge in [-0.1, -0.05) is 13.3 Å². The topological polar surface area (TPSA) is 9.23 Å². The Morgan fingerprint density at radius 1 is 1.57 bits per heavy atom. The smallest absolute Gasteiger partial charge is 0.118 e. The van der Waals surface area contributed by atoms with Crippen molar-refractivity contribution in [2.75, 3.05) is 6.67 Å². The first-order chi connectivity index (χ1) is 6.81. The van der Waals surface area contributed by atoms with E-state index in [4.69, 9.17) is 4.74 Å². The monoisotopic (exact) mass is 198 g/mol. The van der Waals surface area contributed by atoms with E-state index in [0.717, 1.165) is 37.0 Å². The second-order valence-corrected chi connectivity index (χ2v) is 3.60. The summed E-state index contributed by atoms with van der Waals surface area (Å²) in [6, 6.07) is 0. The second-order valence-electron chi connectivity index (χ2n) is 3.60. The van der Waals surface area contributed by atoms with Gasteiger partial charge in [-0.25, -0.2) is 4.39 Å². The molecule has 1 atom stereocenters. The number of halogens is 1. The van der Waals surface area contributed by atoms with Crippen molar-refractivity contribution in [3.05, 3.63) is 23.5 Å². The summed E-state index contributed by atoms with van der Waals surface area (Å²) in [6.07, 6.45) is 8.11. The Kier molecular flexibility index (Phi) is 4.71. The van der Waals surface area contributed by atoms with Gasteiger partial charge in [0, 0.05) is 0 Å². The molecule has 1 aliphatic heterocycles. The van der Waals surface area contributed by atoms with Gasteiger partial charge in [0.15, 0.2) is 0 Å². The summed E-state index contributed by atoms with van der Waals surface area (Å²) in [5.41, 5.74) is 1.03. The highest BCUT2D eigenvalue weighted by Crippen LogP contribution is 2.29. The van der Waals surface area contributed by atoms with E-state index in [-0.39, 0.29) is 0 Å². The summed E-state index contributed by atoms with van der Waals surface area (Å²) in [7, 11) is 0. The van der Waals surface area contributed by atoms with Crippen LogP contribution in [-0.2, 0) is 4.74 Å². The molecule has 0 radical (unpaired) electrons. The third kappa shape index (κ3) is 2.86. The van der Waals surface area contributed by atoms with E-state index in [1.54, 1.807) is 6.08 Å². The predicted octanol–water partition coefficient (Wildman–Crippen LogP) is 3.77. The summed E-state index contributed by atoms with van der Waals surface area (Å²) in [5.74, 6) is 0.882. The Balaban J connectivity index is 2.60. The molecule has 1 nitrogen and oxygen atoms in total. The van der Waals surface area contributed by atoms with Crippen molar-refractivity contribution < 1.29 is 9.13 Å². The zero-order valence-corrected chi connectivity index (χ0v) is 9.05. The quantitative estimate of drug-likeness (QED) is 0.670. The van der Waals surface area contributed by atoms with Crippen molar-refractivity contribution in [2.45, 2.75) is 45.6 Å². The van der Waals surface area contributed by atoms with Crippen LogP contribution in [0.15, 0.2) is 23.5 Å². The second kappa shape index (κ2) is 5.84. The molecule has 0 aliphatic carbocycles. The van der Waals surface area contributed by atoms with E-state index in [9.17, 15) is 4.39 Å². The van der Waals surface area contributed by atoms with Crippen LogP contribution in [0.3, 0.4) is 0 Å². The number of rotatable bonds is 3. The standard InChI is InChI=1S/C12H19FO/c1-3-5-11-7-6-10(8-9-13)12(4-2)14-11/h4,8,11H,3,5-7,9H2,1-2H3/b10-8-,12-4+. The molecule has 0 bridgehead atoms. The molecule has 1 fully saturated rings. The van der Waals surface area contributed by atoms with Crippen molar-refractivity contribution >= 4 is 0 Å². The summed E-state index contributed by atoms with van der Waals surface area (Å²) in [6.45, 7) is 3.70. The largest absolute Gasteiger partial charge is 0.490 e. The van der Waals surface area contributed by atoms with Crippen LogP contribution in [0.25, 0.3) is 0 Å². The molecule has 0 aromatic carbocycles. The maximum atomic E-state index is 12.2. The molecular weight excluding hydrogens is 179 g/mol. The first-order valence-corrected chi connectivity index (χ1v) is 5.40. The maximum Gasteiger partial charge on any atom is 0.118 e. The van der Waals surface area contributed by atoms with Crippen LogP contribution < -0.4 is 0 Å². The third-order valence-corrected chi connectivity index (χ3v) is 2.54. The molecule has 1 aliphatic rings. The first kappa shape index (κ1) is 11.3. The highest BCUT2D eigenvalue weighted by Gasteiger charge is 2.20. The van der Waals surface area contributed by atoms with Crippen LogP contribution in [0.2, 0.25) is 0 Å². The van der Waals surface area contributed by atoms with E-state index in [1.165, 1.54) is 0 Å². The van der Waals surface area contributed by atoms with Crippen LogP contribution in [0.4, 0.5) is 4.39 Å². The Morgan fingerprint density at radius 2 is 2.36 bits per heavy atom. The number of alkyl halides is 1.